The molecule has 6 aliphatic rings. The van der Waals surface area contributed by atoms with E-state index in [2.05, 4.69) is 42.6 Å². The number of hydrogen-bond acceptors (Lipinski definition) is 3. The summed E-state index contributed by atoms with van der Waals surface area (Å²) in [7, 11) is 0. The van der Waals surface area contributed by atoms with Gasteiger partial charge in [-0.25, -0.2) is 8.78 Å². The number of ketones is 1. The molecule has 2 amide bonds. The predicted molar refractivity (Wildman–Crippen MR) is 166 cm³/mol. The number of nitrogens with one attached hydrogen (secondary N) is 1. The van der Waals surface area contributed by atoms with Crippen molar-refractivity contribution in [1.82, 2.24) is 14.8 Å². The van der Waals surface area contributed by atoms with E-state index in [-0.39, 0.29) is 54.3 Å². The number of Topliss-reactive ketones (excluding diaryl/α,β-unsaturated/α-hetero) is 1. The quantitative estimate of drug-likeness (QED) is 0.310. The van der Waals surface area contributed by atoms with Gasteiger partial charge in [-0.15, -0.1) is 0 Å². The standard InChI is InChI=1S/C35H36ClF2N3O3/c1-20-14-25-13-12-24(11-8-22-6-9-23(20)10-7-22)32-28(21(2)42)18-40(34(25)32)19-31(43)41-17-27(37)15-30(41)35(44)39-16-26-4-3-5-29(36)33(26)38/h3-7,9-10,12,18,20,25,27,30H,8,11,13-17,19H2,1-2H3,(H,39,44)/t20-,25-,27-,30+/m1/s1. The van der Waals surface area contributed by atoms with Crippen LogP contribution in [0.25, 0.3) is 5.57 Å². The first kappa shape index (κ1) is 30.3. The first-order chi connectivity index (χ1) is 21.1. The summed E-state index contributed by atoms with van der Waals surface area (Å²) in [5, 5.41) is 2.60. The molecule has 9 rings (SSSR count). The third-order valence-corrected chi connectivity index (χ3v) is 9.68. The second kappa shape index (κ2) is 12.3. The summed E-state index contributed by atoms with van der Waals surface area (Å²) >= 11 is 5.86. The summed E-state index contributed by atoms with van der Waals surface area (Å²) in [5.74, 6) is -1.30. The molecule has 6 nitrogen and oxygen atoms in total. The van der Waals surface area contributed by atoms with Gasteiger partial charge in [0.25, 0.3) is 0 Å². The lowest BCUT2D eigenvalue weighted by atomic mass is 9.77. The molecule has 2 aromatic carbocycles. The first-order valence-corrected chi connectivity index (χ1v) is 15.6. The van der Waals surface area contributed by atoms with E-state index in [1.807, 2.05) is 4.57 Å². The van der Waals surface area contributed by atoms with Crippen LogP contribution in [0.5, 0.6) is 0 Å². The van der Waals surface area contributed by atoms with Crippen molar-refractivity contribution in [2.45, 2.75) is 83.1 Å². The van der Waals surface area contributed by atoms with Gasteiger partial charge in [-0.1, -0.05) is 61.0 Å². The van der Waals surface area contributed by atoms with E-state index in [0.29, 0.717) is 5.56 Å². The van der Waals surface area contributed by atoms with Gasteiger partial charge in [0.15, 0.2) is 5.78 Å². The molecule has 9 heteroatoms. The third kappa shape index (κ3) is 5.84. The van der Waals surface area contributed by atoms with Crippen LogP contribution in [0.4, 0.5) is 8.78 Å². The van der Waals surface area contributed by atoms with E-state index in [9.17, 15) is 23.2 Å². The zero-order chi connectivity index (χ0) is 31.1. The van der Waals surface area contributed by atoms with Gasteiger partial charge in [0.05, 0.1) is 11.6 Å². The summed E-state index contributed by atoms with van der Waals surface area (Å²) in [4.78, 5) is 41.2. The normalized spacial score (nSPS) is 22.7. The van der Waals surface area contributed by atoms with E-state index < -0.39 is 29.8 Å². The van der Waals surface area contributed by atoms with Crippen LogP contribution >= 0.6 is 11.6 Å². The second-order valence-corrected chi connectivity index (χ2v) is 12.8. The van der Waals surface area contributed by atoms with E-state index in [0.717, 1.165) is 42.5 Å². The fourth-order valence-corrected chi connectivity index (χ4v) is 7.26. The molecule has 4 atom stereocenters. The molecule has 1 aliphatic heterocycles. The fourth-order valence-electron chi connectivity index (χ4n) is 7.06. The van der Waals surface area contributed by atoms with Crippen molar-refractivity contribution >= 4 is 34.8 Å². The Morgan fingerprint density at radius 2 is 1.84 bits per heavy atom. The number of nitrogens with zero attached hydrogens (tertiary/aromatic N) is 2. The molecule has 1 saturated heterocycles. The van der Waals surface area contributed by atoms with Crippen LogP contribution in [-0.4, -0.2) is 45.8 Å². The maximum atomic E-state index is 14.7. The molecule has 1 aromatic heterocycles. The minimum atomic E-state index is -1.36. The maximum Gasteiger partial charge on any atom is 0.243 e. The van der Waals surface area contributed by atoms with Crippen LogP contribution in [0.1, 0.15) is 89.7 Å². The Bertz CT molecular complexity index is 1650. The second-order valence-electron chi connectivity index (χ2n) is 12.4. The van der Waals surface area contributed by atoms with Gasteiger partial charge in [-0.2, -0.15) is 0 Å². The highest BCUT2D eigenvalue weighted by Crippen LogP contribution is 2.44. The van der Waals surface area contributed by atoms with Gasteiger partial charge in [0.2, 0.25) is 11.8 Å². The molecule has 0 radical (unpaired) electrons. The number of allylic oxidation sites excluding steroid dienone is 2. The molecule has 2 heterocycles. The van der Waals surface area contributed by atoms with Crippen LogP contribution in [0, 0.1) is 5.82 Å². The van der Waals surface area contributed by atoms with Crippen molar-refractivity contribution in [3.63, 3.8) is 0 Å². The molecule has 0 saturated carbocycles. The minimum absolute atomic E-state index is 0.0566. The Morgan fingerprint density at radius 3 is 2.59 bits per heavy atom. The van der Waals surface area contributed by atoms with Gasteiger partial charge in [0.1, 0.15) is 24.6 Å². The van der Waals surface area contributed by atoms with Gasteiger partial charge >= 0.3 is 0 Å². The first-order valence-electron chi connectivity index (χ1n) is 15.3. The van der Waals surface area contributed by atoms with Gasteiger partial charge in [-0.05, 0) is 61.3 Å². The largest absolute Gasteiger partial charge is 0.350 e. The highest BCUT2D eigenvalue weighted by molar-refractivity contribution is 6.30. The van der Waals surface area contributed by atoms with E-state index in [1.54, 1.807) is 19.2 Å². The average molecular weight is 620 g/mol. The van der Waals surface area contributed by atoms with E-state index in [1.165, 1.54) is 28.2 Å². The van der Waals surface area contributed by atoms with Crippen LogP contribution in [0.2, 0.25) is 5.02 Å². The number of amides is 2. The molecule has 0 unspecified atom stereocenters. The molecule has 44 heavy (non-hydrogen) atoms. The fraction of sp³-hybridized carbons (Fsp3) is 0.400. The van der Waals surface area contributed by atoms with Crippen LogP contribution in [0.3, 0.4) is 0 Å². The summed E-state index contributed by atoms with van der Waals surface area (Å²) in [6.45, 7) is 3.30. The van der Waals surface area contributed by atoms with Gasteiger partial charge < -0.3 is 14.8 Å². The number of likely N-dealkylation sites (tertiary alicyclic amines) is 1. The summed E-state index contributed by atoms with van der Waals surface area (Å²) in [6.07, 6.45) is 5.79. The van der Waals surface area contributed by atoms with Crippen LogP contribution in [-0.2, 0) is 29.1 Å². The Hall–Kier alpha value is -3.78. The number of alkyl halides is 1. The number of carbonyl (C=O) groups excluding carboxylic acids is 3. The molecule has 230 valence electrons. The highest BCUT2D eigenvalue weighted by atomic mass is 35.5. The minimum Gasteiger partial charge on any atom is -0.350 e. The third-order valence-electron chi connectivity index (χ3n) is 9.39. The van der Waals surface area contributed by atoms with Crippen LogP contribution < -0.4 is 5.32 Å². The Labute approximate surface area is 261 Å². The molecule has 5 aliphatic carbocycles. The molecule has 3 aromatic rings. The molecule has 0 spiro atoms. The smallest absolute Gasteiger partial charge is 0.243 e. The summed E-state index contributed by atoms with van der Waals surface area (Å²) in [5.41, 5.74) is 6.29. The molecule has 1 N–H and O–H groups in total. The topological polar surface area (TPSA) is 71.4 Å². The number of carbonyl (C=O) groups is 3. The van der Waals surface area contributed by atoms with Crippen molar-refractivity contribution in [3.8, 4) is 0 Å². The number of hydrogen-bond donors (Lipinski definition) is 1. The summed E-state index contributed by atoms with van der Waals surface area (Å²) in [6, 6.07) is 12.2. The number of rotatable bonds is 6. The highest BCUT2D eigenvalue weighted by Gasteiger charge is 2.40. The SMILES string of the molecule is CC(=O)c1cn(CC(=O)N2C[C@H](F)C[C@H]2C(=O)NCc2cccc(Cl)c2F)c2c1C1=CC[C@@H]2C[C@@H](C)c2ccc(cc2)CC1. The van der Waals surface area contributed by atoms with E-state index >= 15 is 0 Å². The zero-order valence-corrected chi connectivity index (χ0v) is 25.7. The molecular formula is C35H36ClF2N3O3. The van der Waals surface area contributed by atoms with Crippen molar-refractivity contribution < 1.29 is 23.2 Å². The number of aromatic nitrogens is 1. The number of aryl methyl sites for hydroxylation is 1. The van der Waals surface area contributed by atoms with Gasteiger partial charge in [0, 0.05) is 47.5 Å². The Kier molecular flexibility index (Phi) is 8.46. The van der Waals surface area contributed by atoms with Crippen molar-refractivity contribution in [1.29, 1.82) is 0 Å². The van der Waals surface area contributed by atoms with Crippen molar-refractivity contribution in [2.75, 3.05) is 6.54 Å². The molecular weight excluding hydrogens is 584 g/mol. The monoisotopic (exact) mass is 619 g/mol. The Balaban J connectivity index is 1.27. The summed E-state index contributed by atoms with van der Waals surface area (Å²) < 4.78 is 30.9. The lowest BCUT2D eigenvalue weighted by Gasteiger charge is -2.30. The van der Waals surface area contributed by atoms with Crippen LogP contribution in [0.15, 0.2) is 54.7 Å². The number of halogens is 3. The van der Waals surface area contributed by atoms with Crippen molar-refractivity contribution in [3.05, 3.63) is 99.1 Å². The lowest BCUT2D eigenvalue weighted by Crippen LogP contribution is -2.47. The maximum absolute atomic E-state index is 14.7. The lowest BCUT2D eigenvalue weighted by molar-refractivity contribution is -0.139. The molecule has 1 fully saturated rings. The van der Waals surface area contributed by atoms with Crippen molar-refractivity contribution in [2.24, 2.45) is 0 Å². The van der Waals surface area contributed by atoms with Gasteiger partial charge in [-0.3, -0.25) is 14.4 Å². The average Bonchev–Trinajstić information content (AvgIpc) is 3.58. The van der Waals surface area contributed by atoms with E-state index in [4.69, 9.17) is 11.6 Å². The number of benzene rings is 2. The Morgan fingerprint density at radius 1 is 1.07 bits per heavy atom. The predicted octanol–water partition coefficient (Wildman–Crippen LogP) is 6.75. The zero-order valence-electron chi connectivity index (χ0n) is 24.9. The molecule has 4 bridgehead atoms.